The van der Waals surface area contributed by atoms with Gasteiger partial charge >= 0.3 is 0 Å². The molecule has 124 valence electrons. The lowest BCUT2D eigenvalue weighted by Crippen LogP contribution is -2.32. The van der Waals surface area contributed by atoms with Crippen molar-refractivity contribution in [1.29, 1.82) is 10.8 Å². The van der Waals surface area contributed by atoms with Crippen molar-refractivity contribution >= 4 is 12.2 Å². The Balaban J connectivity index is -0.000000246. The molecule has 0 spiro atoms. The standard InChI is InChI=1S/C7H8.C6H14O3.2CHNO/c1-7-5-3-2-4-6-7;1-2-6(3-7,4-8)5-9;2*2-1-3/h2-6H,1H3;7-9H,2-5H2,1H3;2*2H. The van der Waals surface area contributed by atoms with Gasteiger partial charge in [0, 0.05) is 5.41 Å². The van der Waals surface area contributed by atoms with Crippen LogP contribution in [-0.4, -0.2) is 47.3 Å². The molecule has 0 aliphatic heterocycles. The van der Waals surface area contributed by atoms with Gasteiger partial charge in [0.25, 0.3) is 0 Å². The number of benzene rings is 1. The number of aliphatic hydroxyl groups is 3. The van der Waals surface area contributed by atoms with E-state index < -0.39 is 5.41 Å². The van der Waals surface area contributed by atoms with Crippen molar-refractivity contribution in [2.75, 3.05) is 19.8 Å². The zero-order valence-corrected chi connectivity index (χ0v) is 12.9. The fourth-order valence-corrected chi connectivity index (χ4v) is 1.02. The van der Waals surface area contributed by atoms with E-state index in [1.54, 1.807) is 0 Å². The first-order valence-corrected chi connectivity index (χ1v) is 6.39. The number of isocyanates is 2. The molecule has 0 saturated heterocycles. The summed E-state index contributed by atoms with van der Waals surface area (Å²) >= 11 is 0. The Bertz CT molecular complexity index is 378. The Kier molecular flexibility index (Phi) is 21.3. The van der Waals surface area contributed by atoms with E-state index in [9.17, 15) is 0 Å². The molecule has 0 atom stereocenters. The van der Waals surface area contributed by atoms with Gasteiger partial charge < -0.3 is 15.3 Å². The first-order valence-electron chi connectivity index (χ1n) is 6.39. The lowest BCUT2D eigenvalue weighted by Gasteiger charge is -2.24. The van der Waals surface area contributed by atoms with E-state index in [4.69, 9.17) is 35.7 Å². The van der Waals surface area contributed by atoms with Crippen LogP contribution in [0.3, 0.4) is 0 Å². The lowest BCUT2D eigenvalue weighted by atomic mass is 9.88. The van der Waals surface area contributed by atoms with E-state index in [0.717, 1.165) is 12.2 Å². The zero-order valence-electron chi connectivity index (χ0n) is 12.9. The summed E-state index contributed by atoms with van der Waals surface area (Å²) in [4.78, 5) is 16.7. The van der Waals surface area contributed by atoms with Crippen LogP contribution in [0.1, 0.15) is 18.9 Å². The van der Waals surface area contributed by atoms with E-state index in [1.165, 1.54) is 5.56 Å². The summed E-state index contributed by atoms with van der Waals surface area (Å²) in [6, 6.07) is 10.3. The molecule has 0 radical (unpaired) electrons. The number of hydrogen-bond donors (Lipinski definition) is 5. The molecule has 5 N–H and O–H groups in total. The van der Waals surface area contributed by atoms with Gasteiger partial charge in [-0.2, -0.15) is 0 Å². The van der Waals surface area contributed by atoms with E-state index in [2.05, 4.69) is 19.1 Å². The Morgan fingerprint density at radius 1 is 0.955 bits per heavy atom. The molecular formula is C15H24N2O5. The predicted octanol–water partition coefficient (Wildman–Crippen LogP) is 1.16. The molecule has 0 fully saturated rings. The normalized spacial score (nSPS) is 8.41. The van der Waals surface area contributed by atoms with Gasteiger partial charge in [0.05, 0.1) is 19.8 Å². The quantitative estimate of drug-likeness (QED) is 0.419. The molecular weight excluding hydrogens is 288 g/mol. The van der Waals surface area contributed by atoms with Gasteiger partial charge in [-0.15, -0.1) is 0 Å². The number of hydrogen-bond acceptors (Lipinski definition) is 7. The van der Waals surface area contributed by atoms with E-state index in [-0.39, 0.29) is 19.8 Å². The summed E-state index contributed by atoms with van der Waals surface area (Å²) in [6.07, 6.45) is 2.09. The van der Waals surface area contributed by atoms with Crippen LogP contribution in [-0.2, 0) is 9.59 Å². The maximum absolute atomic E-state index is 8.66. The fourth-order valence-electron chi connectivity index (χ4n) is 1.02. The van der Waals surface area contributed by atoms with Gasteiger partial charge in [0.15, 0.2) is 0 Å². The average Bonchev–Trinajstić information content (AvgIpc) is 2.53. The molecule has 0 aliphatic carbocycles. The highest BCUT2D eigenvalue weighted by Crippen LogP contribution is 2.18. The third-order valence-corrected chi connectivity index (χ3v) is 2.70. The second-order valence-corrected chi connectivity index (χ2v) is 4.19. The first-order chi connectivity index (χ1) is 10.5. The van der Waals surface area contributed by atoms with E-state index in [1.807, 2.05) is 25.1 Å². The third-order valence-electron chi connectivity index (χ3n) is 2.70. The predicted molar refractivity (Wildman–Crippen MR) is 82.0 cm³/mol. The largest absolute Gasteiger partial charge is 0.396 e. The molecule has 0 heterocycles. The second-order valence-electron chi connectivity index (χ2n) is 4.19. The maximum Gasteiger partial charge on any atom is 0.231 e. The molecule has 0 aromatic heterocycles. The molecule has 1 aromatic rings. The average molecular weight is 312 g/mol. The minimum absolute atomic E-state index is 0.156. The molecule has 22 heavy (non-hydrogen) atoms. The zero-order chi connectivity index (χ0) is 17.9. The molecule has 0 bridgehead atoms. The van der Waals surface area contributed by atoms with Crippen molar-refractivity contribution in [3.05, 3.63) is 35.9 Å². The Morgan fingerprint density at radius 2 is 1.27 bits per heavy atom. The Hall–Kier alpha value is -2.14. The highest BCUT2D eigenvalue weighted by molar-refractivity contribution is 5.26. The summed E-state index contributed by atoms with van der Waals surface area (Å²) < 4.78 is 0. The molecule has 1 rings (SSSR count). The lowest BCUT2D eigenvalue weighted by molar-refractivity contribution is 0.00304. The summed E-state index contributed by atoms with van der Waals surface area (Å²) in [7, 11) is 0. The topological polar surface area (TPSA) is 143 Å². The van der Waals surface area contributed by atoms with Crippen molar-refractivity contribution in [1.82, 2.24) is 0 Å². The second kappa shape index (κ2) is 18.9. The number of carbonyl (C=O) groups excluding carboxylic acids is 2. The van der Waals surface area contributed by atoms with Crippen LogP contribution >= 0.6 is 0 Å². The molecule has 0 saturated carbocycles. The fraction of sp³-hybridized carbons (Fsp3) is 0.467. The Labute approximate surface area is 130 Å². The van der Waals surface area contributed by atoms with Gasteiger partial charge in [0.1, 0.15) is 0 Å². The summed E-state index contributed by atoms with van der Waals surface area (Å²) in [6.45, 7) is 3.44. The van der Waals surface area contributed by atoms with Crippen LogP contribution in [0.25, 0.3) is 0 Å². The SMILES string of the molecule is CCC(CO)(CO)CO.Cc1ccccc1.N=C=O.N=C=O. The molecule has 1 aromatic carbocycles. The van der Waals surface area contributed by atoms with Crippen molar-refractivity contribution < 1.29 is 24.9 Å². The first kappa shape index (κ1) is 24.9. The van der Waals surface area contributed by atoms with Crippen molar-refractivity contribution in [3.63, 3.8) is 0 Å². The van der Waals surface area contributed by atoms with E-state index in [0.29, 0.717) is 6.42 Å². The van der Waals surface area contributed by atoms with Crippen LogP contribution in [0.5, 0.6) is 0 Å². The van der Waals surface area contributed by atoms with Crippen molar-refractivity contribution in [2.45, 2.75) is 20.3 Å². The summed E-state index contributed by atoms with van der Waals surface area (Å²) in [5.74, 6) is 0. The van der Waals surface area contributed by atoms with Gasteiger partial charge in [-0.05, 0) is 13.3 Å². The van der Waals surface area contributed by atoms with Crippen molar-refractivity contribution in [3.8, 4) is 0 Å². The van der Waals surface area contributed by atoms with Gasteiger partial charge in [-0.3, -0.25) is 0 Å². The van der Waals surface area contributed by atoms with Crippen LogP contribution in [0, 0.1) is 23.2 Å². The monoisotopic (exact) mass is 312 g/mol. The number of aryl methyl sites for hydroxylation is 1. The van der Waals surface area contributed by atoms with Crippen LogP contribution in [0.4, 0.5) is 0 Å². The number of rotatable bonds is 4. The summed E-state index contributed by atoms with van der Waals surface area (Å²) in [5.41, 5.74) is 0.655. The molecule has 0 unspecified atom stereocenters. The highest BCUT2D eigenvalue weighted by atomic mass is 16.3. The van der Waals surface area contributed by atoms with Crippen LogP contribution in [0.2, 0.25) is 0 Å². The molecule has 0 aliphatic rings. The minimum Gasteiger partial charge on any atom is -0.396 e. The van der Waals surface area contributed by atoms with Gasteiger partial charge in [-0.1, -0.05) is 42.8 Å². The smallest absolute Gasteiger partial charge is 0.231 e. The minimum atomic E-state index is -0.667. The number of nitrogens with one attached hydrogen (secondary N) is 2. The molecule has 0 amide bonds. The maximum atomic E-state index is 8.66. The molecule has 7 heteroatoms. The van der Waals surface area contributed by atoms with Crippen molar-refractivity contribution in [2.24, 2.45) is 5.41 Å². The Morgan fingerprint density at radius 3 is 1.36 bits per heavy atom. The molecule has 7 nitrogen and oxygen atoms in total. The van der Waals surface area contributed by atoms with Crippen LogP contribution in [0.15, 0.2) is 30.3 Å². The van der Waals surface area contributed by atoms with Gasteiger partial charge in [0.2, 0.25) is 12.2 Å². The third kappa shape index (κ3) is 15.9. The van der Waals surface area contributed by atoms with Gasteiger partial charge in [-0.25, -0.2) is 20.4 Å². The summed E-state index contributed by atoms with van der Waals surface area (Å²) in [5, 5.41) is 36.8. The van der Waals surface area contributed by atoms with Crippen LogP contribution < -0.4 is 0 Å². The van der Waals surface area contributed by atoms with E-state index >= 15 is 0 Å². The number of aliphatic hydroxyl groups excluding tert-OH is 3. The highest BCUT2D eigenvalue weighted by Gasteiger charge is 2.24.